The van der Waals surface area contributed by atoms with E-state index in [2.05, 4.69) is 36.1 Å². The highest BCUT2D eigenvalue weighted by Gasteiger charge is 2.16. The van der Waals surface area contributed by atoms with Gasteiger partial charge in [-0.1, -0.05) is 44.0 Å². The van der Waals surface area contributed by atoms with Gasteiger partial charge in [0.25, 0.3) is 0 Å². The summed E-state index contributed by atoms with van der Waals surface area (Å²) < 4.78 is 0. The lowest BCUT2D eigenvalue weighted by Crippen LogP contribution is -2.38. The fraction of sp³-hybridized carbons (Fsp3) is 0.611. The Morgan fingerprint density at radius 1 is 1.05 bits per heavy atom. The van der Waals surface area contributed by atoms with Crippen molar-refractivity contribution >= 4 is 5.91 Å². The molecule has 0 radical (unpaired) electrons. The third-order valence-electron chi connectivity index (χ3n) is 4.33. The zero-order valence-corrected chi connectivity index (χ0v) is 13.5. The molecule has 0 spiro atoms. The molecule has 3 nitrogen and oxygen atoms in total. The van der Waals surface area contributed by atoms with Gasteiger partial charge in [0, 0.05) is 13.6 Å². The van der Waals surface area contributed by atoms with Crippen molar-refractivity contribution in [3.63, 3.8) is 0 Å². The Morgan fingerprint density at radius 3 is 2.19 bits per heavy atom. The molecular formula is C18H28N2O. The van der Waals surface area contributed by atoms with Crippen LogP contribution in [-0.2, 0) is 17.8 Å². The molecule has 0 aromatic heterocycles. The minimum atomic E-state index is 0.233. The largest absolute Gasteiger partial charge is 0.340 e. The molecule has 1 aliphatic rings. The molecule has 0 unspecified atom stereocenters. The fourth-order valence-corrected chi connectivity index (χ4v) is 2.85. The van der Waals surface area contributed by atoms with E-state index in [1.165, 1.54) is 36.8 Å². The van der Waals surface area contributed by atoms with E-state index in [9.17, 15) is 4.79 Å². The van der Waals surface area contributed by atoms with Gasteiger partial charge in [-0.3, -0.25) is 9.69 Å². The maximum Gasteiger partial charge on any atom is 0.236 e. The molecule has 1 fully saturated rings. The molecule has 2 rings (SSSR count). The number of nitrogens with zero attached hydrogens (tertiary/aromatic N) is 2. The van der Waals surface area contributed by atoms with Crippen molar-refractivity contribution in [2.24, 2.45) is 0 Å². The molecule has 0 aliphatic carbocycles. The summed E-state index contributed by atoms with van der Waals surface area (Å²) in [4.78, 5) is 16.5. The Hall–Kier alpha value is -1.35. The SMILES string of the molecule is CCc1ccc(CN(C)C(=O)CN2CCCCCC2)cc1. The van der Waals surface area contributed by atoms with E-state index in [1.807, 2.05) is 11.9 Å². The quantitative estimate of drug-likeness (QED) is 0.831. The van der Waals surface area contributed by atoms with Gasteiger partial charge >= 0.3 is 0 Å². The summed E-state index contributed by atoms with van der Waals surface area (Å²) in [5.41, 5.74) is 2.55. The zero-order chi connectivity index (χ0) is 15.1. The molecule has 0 atom stereocenters. The van der Waals surface area contributed by atoms with Crippen LogP contribution >= 0.6 is 0 Å². The lowest BCUT2D eigenvalue weighted by atomic mass is 10.1. The van der Waals surface area contributed by atoms with Gasteiger partial charge in [-0.15, -0.1) is 0 Å². The van der Waals surface area contributed by atoms with Crippen molar-refractivity contribution in [1.29, 1.82) is 0 Å². The van der Waals surface area contributed by atoms with Gasteiger partial charge in [0.1, 0.15) is 0 Å². The van der Waals surface area contributed by atoms with Gasteiger partial charge in [0.2, 0.25) is 5.91 Å². The summed E-state index contributed by atoms with van der Waals surface area (Å²) in [6.45, 7) is 5.58. The van der Waals surface area contributed by atoms with E-state index in [0.29, 0.717) is 13.1 Å². The Labute approximate surface area is 128 Å². The molecule has 1 aromatic carbocycles. The highest BCUT2D eigenvalue weighted by Crippen LogP contribution is 2.11. The van der Waals surface area contributed by atoms with Crippen LogP contribution in [0, 0.1) is 0 Å². The van der Waals surface area contributed by atoms with Gasteiger partial charge in [-0.05, 0) is 43.5 Å². The van der Waals surface area contributed by atoms with Crippen LogP contribution in [0.25, 0.3) is 0 Å². The van der Waals surface area contributed by atoms with Crippen molar-refractivity contribution in [2.45, 2.75) is 45.6 Å². The average Bonchev–Trinajstić information content (AvgIpc) is 2.76. The first-order valence-electron chi connectivity index (χ1n) is 8.23. The summed E-state index contributed by atoms with van der Waals surface area (Å²) in [5, 5.41) is 0. The Kier molecular flexibility index (Phi) is 6.24. The Morgan fingerprint density at radius 2 is 1.62 bits per heavy atom. The molecule has 21 heavy (non-hydrogen) atoms. The highest BCUT2D eigenvalue weighted by molar-refractivity contribution is 5.78. The minimum Gasteiger partial charge on any atom is -0.340 e. The molecule has 0 saturated carbocycles. The average molecular weight is 288 g/mol. The monoisotopic (exact) mass is 288 g/mol. The van der Waals surface area contributed by atoms with Gasteiger partial charge in [0.05, 0.1) is 6.54 Å². The Bertz CT molecular complexity index is 433. The summed E-state index contributed by atoms with van der Waals surface area (Å²) in [6, 6.07) is 8.58. The van der Waals surface area contributed by atoms with E-state index in [1.54, 1.807) is 0 Å². The van der Waals surface area contributed by atoms with Crippen LogP contribution < -0.4 is 0 Å². The molecule has 0 bridgehead atoms. The maximum atomic E-state index is 12.3. The minimum absolute atomic E-state index is 0.233. The molecule has 1 heterocycles. The second kappa shape index (κ2) is 8.18. The highest BCUT2D eigenvalue weighted by atomic mass is 16.2. The fourth-order valence-electron chi connectivity index (χ4n) is 2.85. The summed E-state index contributed by atoms with van der Waals surface area (Å²) >= 11 is 0. The van der Waals surface area contributed by atoms with E-state index < -0.39 is 0 Å². The number of rotatable bonds is 5. The van der Waals surface area contributed by atoms with Crippen LogP contribution in [0.3, 0.4) is 0 Å². The molecule has 1 saturated heterocycles. The normalized spacial score (nSPS) is 16.5. The van der Waals surface area contributed by atoms with E-state index >= 15 is 0 Å². The number of likely N-dealkylation sites (tertiary alicyclic amines) is 1. The van der Waals surface area contributed by atoms with E-state index in [4.69, 9.17) is 0 Å². The Balaban J connectivity index is 1.83. The van der Waals surface area contributed by atoms with Gasteiger partial charge in [0.15, 0.2) is 0 Å². The first kappa shape index (κ1) is 16.0. The molecule has 1 aromatic rings. The van der Waals surface area contributed by atoms with Crippen molar-refractivity contribution < 1.29 is 4.79 Å². The third kappa shape index (κ3) is 5.16. The number of hydrogen-bond acceptors (Lipinski definition) is 2. The van der Waals surface area contributed by atoms with Crippen LogP contribution in [0.1, 0.15) is 43.7 Å². The smallest absolute Gasteiger partial charge is 0.236 e. The number of benzene rings is 1. The third-order valence-corrected chi connectivity index (χ3v) is 4.33. The van der Waals surface area contributed by atoms with Crippen LogP contribution in [0.15, 0.2) is 24.3 Å². The number of amides is 1. The van der Waals surface area contributed by atoms with Crippen LogP contribution in [0.5, 0.6) is 0 Å². The van der Waals surface area contributed by atoms with Gasteiger partial charge < -0.3 is 4.90 Å². The van der Waals surface area contributed by atoms with Crippen LogP contribution in [0.2, 0.25) is 0 Å². The molecule has 116 valence electrons. The molecular weight excluding hydrogens is 260 g/mol. The number of likely N-dealkylation sites (N-methyl/N-ethyl adjacent to an activating group) is 1. The molecule has 1 aliphatic heterocycles. The van der Waals surface area contributed by atoms with Crippen molar-refractivity contribution in [3.05, 3.63) is 35.4 Å². The molecule has 0 N–H and O–H groups in total. The standard InChI is InChI=1S/C18H28N2O/c1-3-16-8-10-17(11-9-16)14-19(2)18(21)15-20-12-6-4-5-7-13-20/h8-11H,3-7,12-15H2,1-2H3. The van der Waals surface area contributed by atoms with Crippen molar-refractivity contribution in [3.8, 4) is 0 Å². The number of hydrogen-bond donors (Lipinski definition) is 0. The van der Waals surface area contributed by atoms with Crippen LogP contribution in [-0.4, -0.2) is 42.4 Å². The van der Waals surface area contributed by atoms with E-state index in [-0.39, 0.29) is 5.91 Å². The van der Waals surface area contributed by atoms with E-state index in [0.717, 1.165) is 19.5 Å². The van der Waals surface area contributed by atoms with Gasteiger partial charge in [-0.2, -0.15) is 0 Å². The zero-order valence-electron chi connectivity index (χ0n) is 13.5. The lowest BCUT2D eigenvalue weighted by Gasteiger charge is -2.23. The van der Waals surface area contributed by atoms with Crippen molar-refractivity contribution in [1.82, 2.24) is 9.80 Å². The number of carbonyl (C=O) groups excluding carboxylic acids is 1. The lowest BCUT2D eigenvalue weighted by molar-refractivity contribution is -0.131. The predicted octanol–water partition coefficient (Wildman–Crippen LogP) is 3.08. The maximum absolute atomic E-state index is 12.3. The topological polar surface area (TPSA) is 23.6 Å². The predicted molar refractivity (Wildman–Crippen MR) is 87.2 cm³/mol. The summed E-state index contributed by atoms with van der Waals surface area (Å²) in [5.74, 6) is 0.233. The second-order valence-electron chi connectivity index (χ2n) is 6.11. The van der Waals surface area contributed by atoms with Crippen LogP contribution in [0.4, 0.5) is 0 Å². The summed E-state index contributed by atoms with van der Waals surface area (Å²) in [7, 11) is 1.91. The number of aryl methyl sites for hydroxylation is 1. The van der Waals surface area contributed by atoms with Crippen molar-refractivity contribution in [2.75, 3.05) is 26.7 Å². The summed E-state index contributed by atoms with van der Waals surface area (Å²) in [6.07, 6.45) is 6.14. The first-order chi connectivity index (χ1) is 10.2. The molecule has 1 amide bonds. The first-order valence-corrected chi connectivity index (χ1v) is 8.23. The van der Waals surface area contributed by atoms with Gasteiger partial charge in [-0.25, -0.2) is 0 Å². The molecule has 3 heteroatoms. The number of carbonyl (C=O) groups is 1. The second-order valence-corrected chi connectivity index (χ2v) is 6.11.